The number of aliphatic carboxylic acids is 1. The molecule has 12 heavy (non-hydrogen) atoms. The fraction of sp³-hybridized carbons (Fsp3) is 0.500. The first-order valence-electron chi connectivity index (χ1n) is 4.01. The van der Waals surface area contributed by atoms with Gasteiger partial charge in [0.2, 0.25) is 0 Å². The topological polar surface area (TPSA) is 55.1 Å². The summed E-state index contributed by atoms with van der Waals surface area (Å²) in [6, 6.07) is 1.90. The molecule has 2 rings (SSSR count). The van der Waals surface area contributed by atoms with Gasteiger partial charge in [0.1, 0.15) is 0 Å². The summed E-state index contributed by atoms with van der Waals surface area (Å²) in [5, 5.41) is 12.8. The zero-order valence-electron chi connectivity index (χ0n) is 6.55. The Hall–Kier alpha value is -1.32. The average Bonchev–Trinajstić information content (AvgIpc) is 2.35. The van der Waals surface area contributed by atoms with Crippen LogP contribution in [-0.4, -0.2) is 20.9 Å². The van der Waals surface area contributed by atoms with Crippen molar-refractivity contribution in [1.82, 2.24) is 9.78 Å². The van der Waals surface area contributed by atoms with Crippen LogP contribution in [0.1, 0.15) is 18.9 Å². The molecule has 1 aromatic rings. The number of rotatable bonds is 2. The largest absolute Gasteiger partial charge is 0.481 e. The normalized spacial score (nSPS) is 28.0. The molecule has 1 aliphatic rings. The van der Waals surface area contributed by atoms with Crippen LogP contribution in [0.25, 0.3) is 0 Å². The summed E-state index contributed by atoms with van der Waals surface area (Å²) in [4.78, 5) is 10.6. The van der Waals surface area contributed by atoms with Crippen molar-refractivity contribution in [1.29, 1.82) is 0 Å². The van der Waals surface area contributed by atoms with Gasteiger partial charge in [-0.1, -0.05) is 0 Å². The number of carboxylic acid groups (broad SMARTS) is 1. The van der Waals surface area contributed by atoms with Crippen LogP contribution in [-0.2, 0) is 4.79 Å². The molecule has 1 aliphatic carbocycles. The molecule has 2 atom stereocenters. The van der Waals surface area contributed by atoms with Gasteiger partial charge in [-0.3, -0.25) is 9.48 Å². The number of aromatic nitrogens is 2. The molecule has 1 heterocycles. The smallest absolute Gasteiger partial charge is 0.308 e. The SMILES string of the molecule is O=C(O)[C@H]1CC[C@H]1n1cccn1. The van der Waals surface area contributed by atoms with Crippen LogP contribution in [0.5, 0.6) is 0 Å². The lowest BCUT2D eigenvalue weighted by atomic mass is 9.80. The van der Waals surface area contributed by atoms with E-state index in [0.717, 1.165) is 12.8 Å². The van der Waals surface area contributed by atoms with E-state index in [1.54, 1.807) is 10.9 Å². The third kappa shape index (κ3) is 0.995. The molecule has 4 nitrogen and oxygen atoms in total. The quantitative estimate of drug-likeness (QED) is 0.710. The van der Waals surface area contributed by atoms with Crippen molar-refractivity contribution in [3.05, 3.63) is 18.5 Å². The first kappa shape index (κ1) is 7.34. The Bertz CT molecular complexity index is 281. The van der Waals surface area contributed by atoms with Crippen molar-refractivity contribution in [2.75, 3.05) is 0 Å². The molecule has 0 spiro atoms. The van der Waals surface area contributed by atoms with Gasteiger partial charge in [0.05, 0.1) is 12.0 Å². The Labute approximate surface area is 69.8 Å². The molecule has 0 aromatic carbocycles. The average molecular weight is 166 g/mol. The van der Waals surface area contributed by atoms with Gasteiger partial charge < -0.3 is 5.11 Å². The van der Waals surface area contributed by atoms with Gasteiger partial charge in [0.25, 0.3) is 0 Å². The van der Waals surface area contributed by atoms with E-state index < -0.39 is 5.97 Å². The number of carboxylic acids is 1. The predicted octanol–water partition coefficient (Wildman–Crippen LogP) is 0.919. The van der Waals surface area contributed by atoms with Crippen LogP contribution < -0.4 is 0 Å². The molecule has 0 radical (unpaired) electrons. The summed E-state index contributed by atoms with van der Waals surface area (Å²) >= 11 is 0. The monoisotopic (exact) mass is 166 g/mol. The molecule has 1 fully saturated rings. The third-order valence-electron chi connectivity index (χ3n) is 2.42. The summed E-state index contributed by atoms with van der Waals surface area (Å²) in [5.74, 6) is -0.938. The minimum Gasteiger partial charge on any atom is -0.481 e. The van der Waals surface area contributed by atoms with Crippen molar-refractivity contribution in [2.45, 2.75) is 18.9 Å². The highest BCUT2D eigenvalue weighted by atomic mass is 16.4. The van der Waals surface area contributed by atoms with Crippen molar-refractivity contribution < 1.29 is 9.90 Å². The van der Waals surface area contributed by atoms with Gasteiger partial charge >= 0.3 is 5.97 Å². The van der Waals surface area contributed by atoms with Crippen molar-refractivity contribution >= 4 is 5.97 Å². The molecular weight excluding hydrogens is 156 g/mol. The van der Waals surface area contributed by atoms with Gasteiger partial charge in [-0.2, -0.15) is 5.10 Å². The zero-order valence-corrected chi connectivity index (χ0v) is 6.55. The van der Waals surface area contributed by atoms with E-state index >= 15 is 0 Å². The summed E-state index contributed by atoms with van der Waals surface area (Å²) in [7, 11) is 0. The van der Waals surface area contributed by atoms with Crippen LogP contribution >= 0.6 is 0 Å². The second-order valence-electron chi connectivity index (χ2n) is 3.08. The maximum Gasteiger partial charge on any atom is 0.308 e. The van der Waals surface area contributed by atoms with E-state index in [-0.39, 0.29) is 12.0 Å². The summed E-state index contributed by atoms with van der Waals surface area (Å²) in [6.45, 7) is 0. The lowest BCUT2D eigenvalue weighted by Gasteiger charge is -2.33. The second-order valence-corrected chi connectivity index (χ2v) is 3.08. The van der Waals surface area contributed by atoms with E-state index in [0.29, 0.717) is 0 Å². The first-order valence-corrected chi connectivity index (χ1v) is 4.01. The molecule has 1 N–H and O–H groups in total. The van der Waals surface area contributed by atoms with Crippen molar-refractivity contribution in [2.24, 2.45) is 5.92 Å². The summed E-state index contributed by atoms with van der Waals surface area (Å²) in [6.07, 6.45) is 5.20. The maximum atomic E-state index is 10.6. The minimum atomic E-state index is -0.707. The predicted molar refractivity (Wildman–Crippen MR) is 41.6 cm³/mol. The fourth-order valence-electron chi connectivity index (χ4n) is 1.56. The van der Waals surface area contributed by atoms with Crippen LogP contribution in [0.15, 0.2) is 18.5 Å². The van der Waals surface area contributed by atoms with Crippen LogP contribution in [0, 0.1) is 5.92 Å². The molecule has 0 aliphatic heterocycles. The van der Waals surface area contributed by atoms with Crippen LogP contribution in [0.2, 0.25) is 0 Å². The van der Waals surface area contributed by atoms with E-state index in [1.165, 1.54) is 0 Å². The molecule has 0 amide bonds. The molecule has 1 aromatic heterocycles. The number of hydrogen-bond donors (Lipinski definition) is 1. The Morgan fingerprint density at radius 1 is 1.58 bits per heavy atom. The highest BCUT2D eigenvalue weighted by Crippen LogP contribution is 2.37. The van der Waals surface area contributed by atoms with Gasteiger partial charge in [0, 0.05) is 12.4 Å². The fourth-order valence-corrected chi connectivity index (χ4v) is 1.56. The molecule has 0 unspecified atom stereocenters. The molecule has 0 saturated heterocycles. The zero-order chi connectivity index (χ0) is 8.55. The Morgan fingerprint density at radius 3 is 2.83 bits per heavy atom. The number of nitrogens with zero attached hydrogens (tertiary/aromatic N) is 2. The lowest BCUT2D eigenvalue weighted by molar-refractivity contribution is -0.147. The first-order chi connectivity index (χ1) is 5.79. The van der Waals surface area contributed by atoms with Crippen molar-refractivity contribution in [3.8, 4) is 0 Å². The third-order valence-corrected chi connectivity index (χ3v) is 2.42. The Balaban J connectivity index is 2.12. The standard InChI is InChI=1S/C8H10N2O2/c11-8(12)6-2-3-7(6)10-5-1-4-9-10/h1,4-7H,2-3H2,(H,11,12)/t6-,7+/m0/s1. The van der Waals surface area contributed by atoms with Crippen LogP contribution in [0.4, 0.5) is 0 Å². The highest BCUT2D eigenvalue weighted by molar-refractivity contribution is 5.71. The molecule has 1 saturated carbocycles. The van der Waals surface area contributed by atoms with Gasteiger partial charge in [-0.25, -0.2) is 0 Å². The lowest BCUT2D eigenvalue weighted by Crippen LogP contribution is -2.35. The van der Waals surface area contributed by atoms with Crippen molar-refractivity contribution in [3.63, 3.8) is 0 Å². The van der Waals surface area contributed by atoms with E-state index in [4.69, 9.17) is 5.11 Å². The molecule has 64 valence electrons. The van der Waals surface area contributed by atoms with Gasteiger partial charge in [0.15, 0.2) is 0 Å². The van der Waals surface area contributed by atoms with E-state index in [2.05, 4.69) is 5.10 Å². The Morgan fingerprint density at radius 2 is 2.42 bits per heavy atom. The summed E-state index contributed by atoms with van der Waals surface area (Å²) in [5.41, 5.74) is 0. The molecular formula is C8H10N2O2. The van der Waals surface area contributed by atoms with E-state index in [1.807, 2.05) is 12.3 Å². The maximum absolute atomic E-state index is 10.6. The van der Waals surface area contributed by atoms with Gasteiger partial charge in [-0.05, 0) is 18.9 Å². The Kier molecular flexibility index (Phi) is 1.60. The highest BCUT2D eigenvalue weighted by Gasteiger charge is 2.37. The van der Waals surface area contributed by atoms with E-state index in [9.17, 15) is 4.79 Å². The number of carbonyl (C=O) groups is 1. The number of hydrogen-bond acceptors (Lipinski definition) is 2. The molecule has 0 bridgehead atoms. The second kappa shape index (κ2) is 2.62. The molecule has 4 heteroatoms. The minimum absolute atomic E-state index is 0.0810. The summed E-state index contributed by atoms with van der Waals surface area (Å²) < 4.78 is 1.74. The van der Waals surface area contributed by atoms with Crippen LogP contribution in [0.3, 0.4) is 0 Å². The van der Waals surface area contributed by atoms with Gasteiger partial charge in [-0.15, -0.1) is 0 Å².